The zero-order chi connectivity index (χ0) is 23.2. The monoisotopic (exact) mass is 481 g/mol. The summed E-state index contributed by atoms with van der Waals surface area (Å²) in [6.07, 6.45) is 5.88. The molecule has 0 saturated heterocycles. The van der Waals surface area contributed by atoms with Crippen LogP contribution >= 0.6 is 11.3 Å². The summed E-state index contributed by atoms with van der Waals surface area (Å²) in [4.78, 5) is 17.2. The van der Waals surface area contributed by atoms with Crippen LogP contribution < -0.4 is 9.62 Å². The number of hydrogen-bond acceptors (Lipinski definition) is 5. The van der Waals surface area contributed by atoms with Crippen LogP contribution in [0.15, 0.2) is 41.3 Å². The van der Waals surface area contributed by atoms with Gasteiger partial charge in [-0.2, -0.15) is 0 Å². The Hall–Kier alpha value is -2.71. The molecule has 1 aromatic heterocycles. The first-order chi connectivity index (χ1) is 15.8. The molecule has 2 aliphatic rings. The van der Waals surface area contributed by atoms with Gasteiger partial charge in [-0.25, -0.2) is 13.4 Å². The zero-order valence-corrected chi connectivity index (χ0v) is 20.5. The van der Waals surface area contributed by atoms with E-state index >= 15 is 0 Å². The van der Waals surface area contributed by atoms with E-state index in [2.05, 4.69) is 16.4 Å². The molecular weight excluding hydrogens is 454 g/mol. The summed E-state index contributed by atoms with van der Waals surface area (Å²) in [6.45, 7) is 3.87. The number of benzene rings is 2. The predicted molar refractivity (Wildman–Crippen MR) is 133 cm³/mol. The number of anilines is 2. The molecule has 1 aliphatic carbocycles. The average molecular weight is 482 g/mol. The number of carbonyl (C=O) groups is 1. The van der Waals surface area contributed by atoms with E-state index in [0.717, 1.165) is 59.5 Å². The molecule has 33 heavy (non-hydrogen) atoms. The Morgan fingerprint density at radius 2 is 1.76 bits per heavy atom. The van der Waals surface area contributed by atoms with Crippen molar-refractivity contribution < 1.29 is 13.2 Å². The van der Waals surface area contributed by atoms with Gasteiger partial charge in [0.1, 0.15) is 0 Å². The Labute approximate surface area is 198 Å². The van der Waals surface area contributed by atoms with Crippen molar-refractivity contribution in [2.24, 2.45) is 0 Å². The third-order valence-electron chi connectivity index (χ3n) is 6.41. The summed E-state index contributed by atoms with van der Waals surface area (Å²) in [7, 11) is -3.63. The molecule has 2 aromatic carbocycles. The number of hydrogen-bond donors (Lipinski definition) is 1. The van der Waals surface area contributed by atoms with Crippen LogP contribution in [0.5, 0.6) is 0 Å². The van der Waals surface area contributed by atoms with Gasteiger partial charge in [0.25, 0.3) is 10.0 Å². The highest BCUT2D eigenvalue weighted by atomic mass is 32.2. The number of nitrogens with one attached hydrogen (secondary N) is 1. The van der Waals surface area contributed by atoms with Crippen molar-refractivity contribution in [3.05, 3.63) is 58.8 Å². The van der Waals surface area contributed by atoms with E-state index in [1.165, 1.54) is 35.8 Å². The van der Waals surface area contributed by atoms with Gasteiger partial charge in [0.2, 0.25) is 5.91 Å². The quantitative estimate of drug-likeness (QED) is 0.562. The topological polar surface area (TPSA) is 79.4 Å². The zero-order valence-electron chi connectivity index (χ0n) is 18.8. The van der Waals surface area contributed by atoms with Gasteiger partial charge in [0.15, 0.2) is 5.13 Å². The van der Waals surface area contributed by atoms with Crippen LogP contribution in [-0.4, -0.2) is 25.9 Å². The minimum absolute atomic E-state index is 0.149. The van der Waals surface area contributed by atoms with E-state index in [1.54, 1.807) is 10.4 Å². The molecule has 6 nitrogen and oxygen atoms in total. The summed E-state index contributed by atoms with van der Waals surface area (Å²) in [6, 6.07) is 11.6. The first kappa shape index (κ1) is 22.1. The van der Waals surface area contributed by atoms with Crippen molar-refractivity contribution in [1.29, 1.82) is 0 Å². The van der Waals surface area contributed by atoms with E-state index in [0.29, 0.717) is 16.6 Å². The molecule has 1 amide bonds. The van der Waals surface area contributed by atoms with Crippen molar-refractivity contribution in [3.8, 4) is 10.4 Å². The number of fused-ring (bicyclic) bond motifs is 2. The van der Waals surface area contributed by atoms with Crippen LogP contribution in [0.4, 0.5) is 10.8 Å². The second-order valence-corrected chi connectivity index (χ2v) is 11.6. The Bertz CT molecular complexity index is 1340. The normalized spacial score (nSPS) is 15.6. The van der Waals surface area contributed by atoms with E-state index in [1.807, 2.05) is 31.2 Å². The molecule has 5 rings (SSSR count). The van der Waals surface area contributed by atoms with Gasteiger partial charge in [0.05, 0.1) is 21.2 Å². The number of thiazole rings is 1. The number of sulfonamides is 1. The van der Waals surface area contributed by atoms with Crippen LogP contribution in [0.3, 0.4) is 0 Å². The van der Waals surface area contributed by atoms with Gasteiger partial charge < -0.3 is 5.32 Å². The van der Waals surface area contributed by atoms with Crippen LogP contribution in [0.2, 0.25) is 0 Å². The lowest BCUT2D eigenvalue weighted by molar-refractivity contribution is -0.114. The fourth-order valence-electron chi connectivity index (χ4n) is 4.82. The first-order valence-electron chi connectivity index (χ1n) is 11.4. The Kier molecular flexibility index (Phi) is 5.74. The third-order valence-corrected chi connectivity index (χ3v) is 9.34. The summed E-state index contributed by atoms with van der Waals surface area (Å²) >= 11 is 1.43. The number of nitrogens with zero attached hydrogens (tertiary/aromatic N) is 2. The van der Waals surface area contributed by atoms with Crippen molar-refractivity contribution in [1.82, 2.24) is 4.98 Å². The maximum absolute atomic E-state index is 13.6. The third kappa shape index (κ3) is 4.17. The summed E-state index contributed by atoms with van der Waals surface area (Å²) in [5.41, 5.74) is 6.07. The number of amides is 1. The smallest absolute Gasteiger partial charge is 0.264 e. The molecule has 0 atom stereocenters. The summed E-state index contributed by atoms with van der Waals surface area (Å²) in [5, 5.41) is 3.32. The van der Waals surface area contributed by atoms with Crippen molar-refractivity contribution in [2.45, 2.75) is 57.3 Å². The lowest BCUT2D eigenvalue weighted by Crippen LogP contribution is -2.35. The van der Waals surface area contributed by atoms with Crippen molar-refractivity contribution in [3.63, 3.8) is 0 Å². The van der Waals surface area contributed by atoms with Crippen molar-refractivity contribution in [2.75, 3.05) is 16.2 Å². The van der Waals surface area contributed by atoms with Gasteiger partial charge in [0, 0.05) is 13.5 Å². The molecule has 0 saturated carbocycles. The molecule has 172 valence electrons. The molecule has 2 heterocycles. The molecule has 0 unspecified atom stereocenters. The average Bonchev–Trinajstić information content (AvgIpc) is 3.17. The number of aryl methyl sites for hydroxylation is 4. The van der Waals surface area contributed by atoms with Crippen LogP contribution in [0.1, 0.15) is 48.6 Å². The highest BCUT2D eigenvalue weighted by Crippen LogP contribution is 2.39. The van der Waals surface area contributed by atoms with Gasteiger partial charge in [-0.1, -0.05) is 23.5 Å². The van der Waals surface area contributed by atoms with Gasteiger partial charge in [-0.15, -0.1) is 0 Å². The maximum atomic E-state index is 13.6. The number of rotatable bonds is 4. The Balaban J connectivity index is 1.49. The van der Waals surface area contributed by atoms with E-state index < -0.39 is 10.0 Å². The van der Waals surface area contributed by atoms with E-state index in [9.17, 15) is 13.2 Å². The molecule has 0 fully saturated rings. The van der Waals surface area contributed by atoms with E-state index in [4.69, 9.17) is 0 Å². The highest BCUT2D eigenvalue weighted by Gasteiger charge is 2.30. The van der Waals surface area contributed by atoms with Crippen LogP contribution in [0.25, 0.3) is 10.4 Å². The highest BCUT2D eigenvalue weighted by molar-refractivity contribution is 7.92. The van der Waals surface area contributed by atoms with Crippen molar-refractivity contribution >= 4 is 38.1 Å². The fourth-order valence-corrected chi connectivity index (χ4v) is 7.42. The van der Waals surface area contributed by atoms with Crippen LogP contribution in [-0.2, 0) is 34.1 Å². The molecule has 0 bridgehead atoms. The fraction of sp³-hybridized carbons (Fsp3) is 0.360. The molecule has 8 heteroatoms. The predicted octanol–water partition coefficient (Wildman–Crippen LogP) is 5.10. The second-order valence-electron chi connectivity index (χ2n) is 8.78. The van der Waals surface area contributed by atoms with Gasteiger partial charge in [-0.05, 0) is 92.0 Å². The number of carbonyl (C=O) groups excluding carboxylic acids is 1. The molecule has 1 N–H and O–H groups in total. The Morgan fingerprint density at radius 1 is 1.00 bits per heavy atom. The molecule has 3 aromatic rings. The molecule has 0 spiro atoms. The molecular formula is C25H27N3O3S2. The summed E-state index contributed by atoms with van der Waals surface area (Å²) < 4.78 is 28.8. The standard InChI is InChI=1S/C25H27N3O3S2/c1-16-24(32-25(26-16)27-17(2)29)21-10-12-23-20(14-21)8-5-13-28(23)33(30,31)22-11-9-18-6-3-4-7-19(18)15-22/h9-12,14-15H,3-8,13H2,1-2H3,(H,26,27,29). The maximum Gasteiger partial charge on any atom is 0.264 e. The second kappa shape index (κ2) is 8.57. The summed E-state index contributed by atoms with van der Waals surface area (Å²) in [5.74, 6) is -0.149. The lowest BCUT2D eigenvalue weighted by Gasteiger charge is -2.31. The first-order valence-corrected chi connectivity index (χ1v) is 13.6. The number of aromatic nitrogens is 1. The lowest BCUT2D eigenvalue weighted by atomic mass is 9.92. The van der Waals surface area contributed by atoms with Crippen LogP contribution in [0, 0.1) is 6.92 Å². The molecule has 1 aliphatic heterocycles. The SMILES string of the molecule is CC(=O)Nc1nc(C)c(-c2ccc3c(c2)CCCN3S(=O)(=O)c2ccc3c(c2)CCCC3)s1. The van der Waals surface area contributed by atoms with E-state index in [-0.39, 0.29) is 5.91 Å². The molecule has 0 radical (unpaired) electrons. The minimum Gasteiger partial charge on any atom is -0.302 e. The Morgan fingerprint density at radius 3 is 2.55 bits per heavy atom. The minimum atomic E-state index is -3.63. The van der Waals surface area contributed by atoms with Gasteiger partial charge in [-0.3, -0.25) is 9.10 Å². The van der Waals surface area contributed by atoms with Gasteiger partial charge >= 0.3 is 0 Å². The largest absolute Gasteiger partial charge is 0.302 e.